The number of carbonyl (C=O) groups excluding carboxylic acids is 4. The minimum absolute atomic E-state index is 0.0986. The molecule has 13 heteroatoms. The number of esters is 4. The van der Waals surface area contributed by atoms with Crippen LogP contribution in [-0.2, 0) is 42.9 Å². The van der Waals surface area contributed by atoms with Crippen molar-refractivity contribution in [3.63, 3.8) is 0 Å². The van der Waals surface area contributed by atoms with Crippen molar-refractivity contribution < 1.29 is 53.1 Å². The van der Waals surface area contributed by atoms with Gasteiger partial charge in [0.25, 0.3) is 0 Å². The minimum Gasteiger partial charge on any atom is -0.463 e. The summed E-state index contributed by atoms with van der Waals surface area (Å²) in [6.45, 7) is 2.66. The fourth-order valence-electron chi connectivity index (χ4n) is 2.43. The van der Waals surface area contributed by atoms with E-state index in [4.69, 9.17) is 33.9 Å². The molecule has 0 aromatic heterocycles. The zero-order chi connectivity index (χ0) is 29.1. The lowest BCUT2D eigenvalue weighted by Gasteiger charge is -2.13. The molecule has 0 aromatic rings. The van der Waals surface area contributed by atoms with E-state index in [2.05, 4.69) is 0 Å². The molecule has 0 fully saturated rings. The van der Waals surface area contributed by atoms with Crippen LogP contribution in [0.5, 0.6) is 0 Å². The summed E-state index contributed by atoms with van der Waals surface area (Å²) in [7, 11) is 1.48. The topological polar surface area (TPSA) is 161 Å². The Balaban J connectivity index is 4.31. The first kappa shape index (κ1) is 35.3. The van der Waals surface area contributed by atoms with E-state index in [1.54, 1.807) is 0 Å². The molecule has 0 saturated carbocycles. The minimum atomic E-state index is -0.621. The molecule has 0 saturated heterocycles. The Bertz CT molecular complexity index is 825. The number of aliphatic hydroxyl groups excluding tert-OH is 2. The van der Waals surface area contributed by atoms with Crippen molar-refractivity contribution in [1.82, 2.24) is 9.80 Å². The number of methoxy groups -OCH3 is 1. The molecule has 0 aliphatic rings. The van der Waals surface area contributed by atoms with Crippen LogP contribution >= 0.6 is 0 Å². The molecule has 0 aliphatic carbocycles. The molecule has 0 amide bonds. The highest BCUT2D eigenvalue weighted by Gasteiger charge is 2.03. The van der Waals surface area contributed by atoms with E-state index in [1.807, 2.05) is 6.92 Å². The summed E-state index contributed by atoms with van der Waals surface area (Å²) in [6.07, 6.45) is 11.7. The van der Waals surface area contributed by atoms with Crippen molar-refractivity contribution in [2.45, 2.75) is 26.2 Å². The van der Waals surface area contributed by atoms with Crippen LogP contribution in [0.3, 0.4) is 0 Å². The van der Waals surface area contributed by atoms with Gasteiger partial charge in [0.2, 0.25) is 0 Å². The molecule has 0 rings (SSSR count). The Hall–Kier alpha value is -3.68. The van der Waals surface area contributed by atoms with Gasteiger partial charge in [0.05, 0.1) is 39.6 Å². The van der Waals surface area contributed by atoms with Gasteiger partial charge in [-0.2, -0.15) is 0 Å². The quantitative estimate of drug-likeness (QED) is 0.0828. The van der Waals surface area contributed by atoms with Gasteiger partial charge in [0, 0.05) is 69.3 Å². The van der Waals surface area contributed by atoms with Crippen LogP contribution in [-0.4, -0.2) is 110 Å². The molecular formula is C26H40N2O11. The maximum atomic E-state index is 11.9. The van der Waals surface area contributed by atoms with Crippen LogP contribution < -0.4 is 0 Å². The van der Waals surface area contributed by atoms with E-state index >= 15 is 0 Å². The second-order valence-electron chi connectivity index (χ2n) is 7.56. The average Bonchev–Trinajstić information content (AvgIpc) is 2.92. The Morgan fingerprint density at radius 1 is 0.590 bits per heavy atom. The monoisotopic (exact) mass is 556 g/mol. The highest BCUT2D eigenvalue weighted by Crippen LogP contribution is 1.98. The molecule has 2 N–H and O–H groups in total. The first-order chi connectivity index (χ1) is 18.9. The van der Waals surface area contributed by atoms with Gasteiger partial charge in [-0.05, 0) is 19.3 Å². The Labute approximate surface area is 228 Å². The largest absolute Gasteiger partial charge is 0.463 e. The zero-order valence-electron chi connectivity index (χ0n) is 22.6. The summed E-state index contributed by atoms with van der Waals surface area (Å²) in [6, 6.07) is 0. The van der Waals surface area contributed by atoms with E-state index < -0.39 is 23.9 Å². The molecule has 0 spiro atoms. The lowest BCUT2D eigenvalue weighted by molar-refractivity contribution is -0.140. The molecule has 0 aliphatic heterocycles. The zero-order valence-corrected chi connectivity index (χ0v) is 22.6. The van der Waals surface area contributed by atoms with E-state index in [9.17, 15) is 19.2 Å². The molecule has 13 nitrogen and oxygen atoms in total. The second kappa shape index (κ2) is 24.6. The highest BCUT2D eigenvalue weighted by molar-refractivity contribution is 5.83. The van der Waals surface area contributed by atoms with Crippen LogP contribution in [0.25, 0.3) is 0 Å². The highest BCUT2D eigenvalue weighted by atomic mass is 16.6. The van der Waals surface area contributed by atoms with Gasteiger partial charge >= 0.3 is 23.9 Å². The number of nitrogens with zero attached hydrogens (tertiary/aromatic N) is 2. The molecule has 39 heavy (non-hydrogen) atoms. The third-order valence-electron chi connectivity index (χ3n) is 4.33. The third kappa shape index (κ3) is 22.1. The predicted molar refractivity (Wildman–Crippen MR) is 139 cm³/mol. The van der Waals surface area contributed by atoms with Gasteiger partial charge in [-0.1, -0.05) is 6.92 Å². The average molecular weight is 557 g/mol. The Morgan fingerprint density at radius 2 is 0.949 bits per heavy atom. The molecule has 0 bridgehead atoms. The van der Waals surface area contributed by atoms with Crippen LogP contribution in [0.1, 0.15) is 26.2 Å². The SMILES string of the molecule is CCCOC(=O)/C=C/N(/C=C/C(=O)OCCCCOC(=O)/C=C/N(/C=C/C(=O)OCCOC)CCO)CCO. The van der Waals surface area contributed by atoms with E-state index in [0.717, 1.165) is 18.2 Å². The number of hydrogen-bond donors (Lipinski definition) is 2. The summed E-state index contributed by atoms with van der Waals surface area (Å²) in [5.41, 5.74) is 0. The van der Waals surface area contributed by atoms with Crippen molar-refractivity contribution in [3.8, 4) is 0 Å². The maximum absolute atomic E-state index is 11.9. The van der Waals surface area contributed by atoms with Gasteiger partial charge in [0.15, 0.2) is 0 Å². The number of aliphatic hydroxyl groups is 2. The van der Waals surface area contributed by atoms with E-state index in [0.29, 0.717) is 25.9 Å². The lowest BCUT2D eigenvalue weighted by Crippen LogP contribution is -2.17. The normalized spacial score (nSPS) is 11.4. The van der Waals surface area contributed by atoms with Gasteiger partial charge in [-0.3, -0.25) is 0 Å². The maximum Gasteiger partial charge on any atom is 0.332 e. The molecule has 0 unspecified atom stereocenters. The molecule has 220 valence electrons. The van der Waals surface area contributed by atoms with Crippen molar-refractivity contribution in [1.29, 1.82) is 0 Å². The van der Waals surface area contributed by atoms with Crippen LogP contribution in [0.4, 0.5) is 0 Å². The summed E-state index contributed by atoms with van der Waals surface area (Å²) >= 11 is 0. The molecule has 0 atom stereocenters. The second-order valence-corrected chi connectivity index (χ2v) is 7.56. The summed E-state index contributed by atoms with van der Waals surface area (Å²) in [4.78, 5) is 49.7. The van der Waals surface area contributed by atoms with Gasteiger partial charge < -0.3 is 43.7 Å². The van der Waals surface area contributed by atoms with Crippen molar-refractivity contribution in [3.05, 3.63) is 49.1 Å². The molecule has 0 aromatic carbocycles. The standard InChI is InChI=1S/C26H40N2O11/c1-3-18-36-23(31)6-10-27(14-16-29)11-7-24(32)37-19-4-5-20-38-25(33)8-12-28(15-17-30)13-9-26(34)39-22-21-35-2/h6-13,29-30H,3-5,14-22H2,1-2H3/b10-6+,11-7+,12-8+,13-9+. The summed E-state index contributed by atoms with van der Waals surface area (Å²) < 4.78 is 24.7. The van der Waals surface area contributed by atoms with Crippen LogP contribution in [0.15, 0.2) is 49.1 Å². The van der Waals surface area contributed by atoms with Gasteiger partial charge in [-0.15, -0.1) is 0 Å². The Morgan fingerprint density at radius 3 is 1.28 bits per heavy atom. The number of unbranched alkanes of at least 4 members (excludes halogenated alkanes) is 1. The first-order valence-electron chi connectivity index (χ1n) is 12.5. The van der Waals surface area contributed by atoms with Crippen molar-refractivity contribution in [2.75, 3.05) is 66.4 Å². The van der Waals surface area contributed by atoms with Gasteiger partial charge in [-0.25, -0.2) is 19.2 Å². The summed E-state index contributed by atoms with van der Waals surface area (Å²) in [5.74, 6) is -2.35. The van der Waals surface area contributed by atoms with Crippen LogP contribution in [0.2, 0.25) is 0 Å². The van der Waals surface area contributed by atoms with Crippen molar-refractivity contribution >= 4 is 23.9 Å². The Kier molecular flexibility index (Phi) is 22.3. The smallest absolute Gasteiger partial charge is 0.332 e. The fraction of sp³-hybridized carbons (Fsp3) is 0.538. The number of ether oxygens (including phenoxy) is 5. The predicted octanol–water partition coefficient (Wildman–Crippen LogP) is 0.639. The van der Waals surface area contributed by atoms with E-state index in [-0.39, 0.29) is 52.7 Å². The van der Waals surface area contributed by atoms with Crippen molar-refractivity contribution in [2.24, 2.45) is 0 Å². The molecule has 0 heterocycles. The number of carbonyl (C=O) groups is 4. The number of rotatable bonds is 22. The van der Waals surface area contributed by atoms with Gasteiger partial charge in [0.1, 0.15) is 6.61 Å². The van der Waals surface area contributed by atoms with E-state index in [1.165, 1.54) is 47.8 Å². The lowest BCUT2D eigenvalue weighted by atomic mass is 10.3. The fourth-order valence-corrected chi connectivity index (χ4v) is 2.43. The van der Waals surface area contributed by atoms with Crippen LogP contribution in [0, 0.1) is 0 Å². The molecular weight excluding hydrogens is 516 g/mol. The number of hydrogen-bond acceptors (Lipinski definition) is 13. The molecule has 0 radical (unpaired) electrons. The first-order valence-corrected chi connectivity index (χ1v) is 12.5. The summed E-state index contributed by atoms with van der Waals surface area (Å²) in [5, 5.41) is 18.2. The third-order valence-corrected chi connectivity index (χ3v) is 4.33.